The molecule has 146 valence electrons. The van der Waals surface area contributed by atoms with Crippen LogP contribution in [-0.4, -0.2) is 27.9 Å². The minimum absolute atomic E-state index is 0.127. The van der Waals surface area contributed by atoms with Crippen LogP contribution in [0.1, 0.15) is 36.4 Å². The molecule has 29 heavy (non-hydrogen) atoms. The molecule has 6 nitrogen and oxygen atoms in total. The van der Waals surface area contributed by atoms with Gasteiger partial charge in [0.05, 0.1) is 17.8 Å². The minimum atomic E-state index is -0.363. The predicted octanol–water partition coefficient (Wildman–Crippen LogP) is 3.95. The molecule has 3 amide bonds. The molecule has 1 N–H and O–H groups in total. The number of nitrogens with zero attached hydrogens (tertiary/aromatic N) is 3. The number of nitrogens with one attached hydrogen (secondary N) is 1. The van der Waals surface area contributed by atoms with Crippen LogP contribution in [0.3, 0.4) is 0 Å². The molecule has 1 aromatic carbocycles. The van der Waals surface area contributed by atoms with Gasteiger partial charge in [0.25, 0.3) is 0 Å². The molecule has 1 aliphatic heterocycles. The molecule has 2 aromatic heterocycles. The van der Waals surface area contributed by atoms with E-state index in [0.717, 1.165) is 35.7 Å². The average Bonchev–Trinajstić information content (AvgIpc) is 2.74. The third-order valence-corrected chi connectivity index (χ3v) is 6.28. The number of urea groups is 1. The van der Waals surface area contributed by atoms with Gasteiger partial charge < -0.3 is 5.32 Å². The second-order valence-electron chi connectivity index (χ2n) is 7.90. The maximum atomic E-state index is 13.3. The van der Waals surface area contributed by atoms with Crippen molar-refractivity contribution in [3.8, 4) is 0 Å². The van der Waals surface area contributed by atoms with E-state index in [2.05, 4.69) is 21.4 Å². The number of hydrogen-bond donors (Lipinski definition) is 1. The van der Waals surface area contributed by atoms with Gasteiger partial charge in [0.2, 0.25) is 5.91 Å². The number of fused-ring (bicyclic) bond motifs is 2. The topological polar surface area (TPSA) is 75.2 Å². The second kappa shape index (κ2) is 6.95. The van der Waals surface area contributed by atoms with Gasteiger partial charge in [-0.15, -0.1) is 0 Å². The highest BCUT2D eigenvalue weighted by molar-refractivity contribution is 6.20. The van der Waals surface area contributed by atoms with E-state index in [4.69, 9.17) is 0 Å². The third-order valence-electron chi connectivity index (χ3n) is 6.28. The molecule has 3 atom stereocenters. The van der Waals surface area contributed by atoms with E-state index in [-0.39, 0.29) is 23.9 Å². The summed E-state index contributed by atoms with van der Waals surface area (Å²) in [6.45, 7) is 2.02. The molecule has 1 saturated heterocycles. The van der Waals surface area contributed by atoms with Crippen molar-refractivity contribution in [2.45, 2.75) is 38.1 Å². The van der Waals surface area contributed by atoms with Crippen LogP contribution in [0.5, 0.6) is 0 Å². The number of aryl methyl sites for hydroxylation is 1. The summed E-state index contributed by atoms with van der Waals surface area (Å²) < 4.78 is 0. The van der Waals surface area contributed by atoms with Crippen LogP contribution < -0.4 is 10.2 Å². The summed E-state index contributed by atoms with van der Waals surface area (Å²) in [4.78, 5) is 36.2. The van der Waals surface area contributed by atoms with Crippen molar-refractivity contribution in [3.05, 3.63) is 66.2 Å². The van der Waals surface area contributed by atoms with Crippen LogP contribution in [0, 0.1) is 12.8 Å². The van der Waals surface area contributed by atoms with E-state index >= 15 is 0 Å². The summed E-state index contributed by atoms with van der Waals surface area (Å²) in [6, 6.07) is 11.2. The number of pyridine rings is 2. The van der Waals surface area contributed by atoms with Gasteiger partial charge in [-0.25, -0.2) is 9.69 Å². The van der Waals surface area contributed by atoms with E-state index in [1.54, 1.807) is 18.6 Å². The fraction of sp³-hybridized carbons (Fsp3) is 0.304. The van der Waals surface area contributed by atoms with Crippen LogP contribution in [0.15, 0.2) is 55.0 Å². The Hall–Kier alpha value is -3.28. The standard InChI is InChI=1S/C23H22N4O2/c1-14-17(7-4-10-25-14)15-8-9-19-20(11-15)26-23(29)27(22(19)28)21-13-24-12-16-5-2-3-6-18(16)21/h2-7,10,12-13,15,19-20H,8-9,11H2,1H3,(H,26,29). The van der Waals surface area contributed by atoms with Gasteiger partial charge in [-0.2, -0.15) is 0 Å². The molecule has 1 aliphatic carbocycles. The Morgan fingerprint density at radius 1 is 1.07 bits per heavy atom. The molecule has 3 unspecified atom stereocenters. The second-order valence-corrected chi connectivity index (χ2v) is 7.90. The number of benzene rings is 1. The van der Waals surface area contributed by atoms with Crippen molar-refractivity contribution in [2.75, 3.05) is 4.90 Å². The molecular weight excluding hydrogens is 364 g/mol. The van der Waals surface area contributed by atoms with Crippen molar-refractivity contribution in [3.63, 3.8) is 0 Å². The van der Waals surface area contributed by atoms with Crippen molar-refractivity contribution in [1.29, 1.82) is 0 Å². The van der Waals surface area contributed by atoms with Crippen molar-refractivity contribution in [1.82, 2.24) is 15.3 Å². The SMILES string of the molecule is Cc1ncccc1C1CCC2C(=O)N(c3cncc4ccccc34)C(=O)NC2C1. The zero-order chi connectivity index (χ0) is 20.0. The van der Waals surface area contributed by atoms with E-state index < -0.39 is 0 Å². The summed E-state index contributed by atoms with van der Waals surface area (Å²) in [5.41, 5.74) is 2.79. The Kier molecular flexibility index (Phi) is 4.27. The third kappa shape index (κ3) is 2.95. The first-order valence-electron chi connectivity index (χ1n) is 10.0. The van der Waals surface area contributed by atoms with Gasteiger partial charge in [-0.3, -0.25) is 14.8 Å². The van der Waals surface area contributed by atoms with E-state index in [1.165, 1.54) is 10.5 Å². The Morgan fingerprint density at radius 3 is 2.79 bits per heavy atom. The largest absolute Gasteiger partial charge is 0.334 e. The lowest BCUT2D eigenvalue weighted by Crippen LogP contribution is -2.61. The number of aromatic nitrogens is 2. The van der Waals surface area contributed by atoms with E-state index in [9.17, 15) is 9.59 Å². The van der Waals surface area contributed by atoms with Gasteiger partial charge in [-0.05, 0) is 43.7 Å². The first kappa shape index (κ1) is 17.8. The Labute approximate surface area is 169 Å². The highest BCUT2D eigenvalue weighted by Crippen LogP contribution is 2.40. The van der Waals surface area contributed by atoms with Crippen LogP contribution in [-0.2, 0) is 4.79 Å². The van der Waals surface area contributed by atoms with E-state index in [1.807, 2.05) is 37.3 Å². The molecule has 3 heterocycles. The Bertz CT molecular complexity index is 1110. The normalized spacial score (nSPS) is 24.3. The molecule has 0 bridgehead atoms. The van der Waals surface area contributed by atoms with Crippen LogP contribution in [0.4, 0.5) is 10.5 Å². The number of anilines is 1. The van der Waals surface area contributed by atoms with Gasteiger partial charge in [-0.1, -0.05) is 30.3 Å². The van der Waals surface area contributed by atoms with Gasteiger partial charge >= 0.3 is 6.03 Å². The summed E-state index contributed by atoms with van der Waals surface area (Å²) in [7, 11) is 0. The molecular formula is C23H22N4O2. The summed E-state index contributed by atoms with van der Waals surface area (Å²) in [5, 5.41) is 4.86. The zero-order valence-corrected chi connectivity index (χ0v) is 16.2. The fourth-order valence-corrected chi connectivity index (χ4v) is 4.83. The lowest BCUT2D eigenvalue weighted by Gasteiger charge is -2.42. The first-order chi connectivity index (χ1) is 14.1. The summed E-state index contributed by atoms with van der Waals surface area (Å²) in [5.74, 6) is -0.0259. The molecule has 3 aromatic rings. The van der Waals surface area contributed by atoms with Crippen LogP contribution >= 0.6 is 0 Å². The van der Waals surface area contributed by atoms with Crippen LogP contribution in [0.25, 0.3) is 10.8 Å². The average molecular weight is 386 g/mol. The number of amides is 3. The van der Waals surface area contributed by atoms with Crippen molar-refractivity contribution < 1.29 is 9.59 Å². The number of rotatable bonds is 2. The molecule has 0 spiro atoms. The van der Waals surface area contributed by atoms with Gasteiger partial charge in [0, 0.05) is 34.9 Å². The highest BCUT2D eigenvalue weighted by atomic mass is 16.2. The Balaban J connectivity index is 1.45. The maximum Gasteiger partial charge on any atom is 0.329 e. The molecule has 2 aliphatic rings. The first-order valence-corrected chi connectivity index (χ1v) is 10.0. The molecule has 0 radical (unpaired) electrons. The summed E-state index contributed by atoms with van der Waals surface area (Å²) in [6.07, 6.45) is 7.57. The summed E-state index contributed by atoms with van der Waals surface area (Å²) >= 11 is 0. The Morgan fingerprint density at radius 2 is 1.93 bits per heavy atom. The molecule has 2 fully saturated rings. The highest BCUT2D eigenvalue weighted by Gasteiger charge is 2.45. The minimum Gasteiger partial charge on any atom is -0.334 e. The lowest BCUT2D eigenvalue weighted by molar-refractivity contribution is -0.124. The molecule has 6 heteroatoms. The lowest BCUT2D eigenvalue weighted by atomic mass is 9.74. The molecule has 5 rings (SSSR count). The zero-order valence-electron chi connectivity index (χ0n) is 16.2. The van der Waals surface area contributed by atoms with Crippen molar-refractivity contribution >= 4 is 28.4 Å². The van der Waals surface area contributed by atoms with Gasteiger partial charge in [0.1, 0.15) is 0 Å². The van der Waals surface area contributed by atoms with Gasteiger partial charge in [0.15, 0.2) is 0 Å². The quantitative estimate of drug-likeness (QED) is 0.724. The van der Waals surface area contributed by atoms with E-state index in [0.29, 0.717) is 11.6 Å². The fourth-order valence-electron chi connectivity index (χ4n) is 4.83. The number of imide groups is 1. The van der Waals surface area contributed by atoms with Crippen LogP contribution in [0.2, 0.25) is 0 Å². The monoisotopic (exact) mass is 386 g/mol. The number of hydrogen-bond acceptors (Lipinski definition) is 4. The number of carbonyl (C=O) groups excluding carboxylic acids is 2. The predicted molar refractivity (Wildman–Crippen MR) is 111 cm³/mol. The molecule has 1 saturated carbocycles. The smallest absolute Gasteiger partial charge is 0.329 e. The number of carbonyl (C=O) groups is 2. The maximum absolute atomic E-state index is 13.3. The van der Waals surface area contributed by atoms with Crippen molar-refractivity contribution in [2.24, 2.45) is 5.92 Å².